The molecule has 5 heteroatoms. The molecular formula is C23H23NO4. The van der Waals surface area contributed by atoms with E-state index in [4.69, 9.17) is 14.2 Å². The maximum Gasteiger partial charge on any atom is 0.224 e. The molecule has 0 aliphatic rings. The van der Waals surface area contributed by atoms with E-state index in [9.17, 15) is 4.79 Å². The zero-order valence-electron chi connectivity index (χ0n) is 16.2. The van der Waals surface area contributed by atoms with Crippen LogP contribution >= 0.6 is 0 Å². The molecule has 0 N–H and O–H groups in total. The van der Waals surface area contributed by atoms with E-state index in [-0.39, 0.29) is 5.91 Å². The molecule has 0 saturated carbocycles. The van der Waals surface area contributed by atoms with Crippen LogP contribution in [-0.4, -0.2) is 20.1 Å². The molecule has 0 aliphatic carbocycles. The molecule has 0 atom stereocenters. The van der Waals surface area contributed by atoms with Crippen molar-refractivity contribution >= 4 is 11.6 Å². The molecule has 144 valence electrons. The zero-order chi connectivity index (χ0) is 19.9. The molecule has 1 amide bonds. The number of amides is 1. The molecule has 0 fully saturated rings. The third-order valence-corrected chi connectivity index (χ3v) is 4.32. The van der Waals surface area contributed by atoms with Crippen molar-refractivity contribution in [3.63, 3.8) is 0 Å². The van der Waals surface area contributed by atoms with Crippen molar-refractivity contribution in [3.8, 4) is 23.0 Å². The largest absolute Gasteiger partial charge is 0.497 e. The second-order valence-corrected chi connectivity index (χ2v) is 6.17. The SMILES string of the molecule is COc1ccc(OC)c(CN(c2ccccc2Oc2ccccc2)[11C](C)=O)c1. The second-order valence-electron chi connectivity index (χ2n) is 6.17. The Hall–Kier alpha value is -3.47. The number of nitrogens with zero attached hydrogens (tertiary/aromatic N) is 1. The summed E-state index contributed by atoms with van der Waals surface area (Å²) in [5, 5.41) is 0. The minimum Gasteiger partial charge on any atom is -0.497 e. The molecule has 0 aliphatic heterocycles. The summed E-state index contributed by atoms with van der Waals surface area (Å²) in [6, 6.07) is 22.5. The molecular weight excluding hydrogens is 353 g/mol. The fraction of sp³-hybridized carbons (Fsp3) is 0.174. The Bertz CT molecular complexity index is 940. The number of benzene rings is 3. The van der Waals surface area contributed by atoms with Gasteiger partial charge in [-0.1, -0.05) is 30.3 Å². The van der Waals surface area contributed by atoms with E-state index in [0.717, 1.165) is 5.56 Å². The van der Waals surface area contributed by atoms with Crippen molar-refractivity contribution < 1.29 is 19.0 Å². The summed E-state index contributed by atoms with van der Waals surface area (Å²) in [6.45, 7) is 1.86. The summed E-state index contributed by atoms with van der Waals surface area (Å²) in [5.74, 6) is 2.60. The van der Waals surface area contributed by atoms with E-state index in [1.54, 1.807) is 19.1 Å². The summed E-state index contributed by atoms with van der Waals surface area (Å²) in [5.41, 5.74) is 1.52. The summed E-state index contributed by atoms with van der Waals surface area (Å²) >= 11 is 0. The Kier molecular flexibility index (Phi) is 6.17. The number of carbonyl (C=O) groups excluding carboxylic acids is 1. The highest BCUT2D eigenvalue weighted by molar-refractivity contribution is 5.93. The van der Waals surface area contributed by atoms with Gasteiger partial charge in [0.2, 0.25) is 5.91 Å². The van der Waals surface area contributed by atoms with Gasteiger partial charge in [-0.15, -0.1) is 0 Å². The number of rotatable bonds is 7. The Balaban J connectivity index is 1.97. The van der Waals surface area contributed by atoms with E-state index in [0.29, 0.717) is 35.2 Å². The van der Waals surface area contributed by atoms with E-state index < -0.39 is 0 Å². The highest BCUT2D eigenvalue weighted by Gasteiger charge is 2.19. The smallest absolute Gasteiger partial charge is 0.224 e. The summed E-state index contributed by atoms with van der Waals surface area (Å²) < 4.78 is 16.8. The zero-order valence-corrected chi connectivity index (χ0v) is 16.2. The van der Waals surface area contributed by atoms with Crippen LogP contribution in [-0.2, 0) is 11.3 Å². The molecule has 0 heterocycles. The maximum absolute atomic E-state index is 12.5. The number of anilines is 1. The highest BCUT2D eigenvalue weighted by Crippen LogP contribution is 2.34. The number of carbonyl (C=O) groups is 1. The maximum atomic E-state index is 12.5. The molecule has 5 nitrogen and oxygen atoms in total. The minimum absolute atomic E-state index is 0.103. The molecule has 28 heavy (non-hydrogen) atoms. The van der Waals surface area contributed by atoms with Gasteiger partial charge in [-0.05, 0) is 42.5 Å². The van der Waals surface area contributed by atoms with Crippen molar-refractivity contribution in [2.75, 3.05) is 19.1 Å². The van der Waals surface area contributed by atoms with Crippen molar-refractivity contribution in [1.82, 2.24) is 0 Å². The van der Waals surface area contributed by atoms with Crippen LogP contribution in [0.15, 0.2) is 72.8 Å². The van der Waals surface area contributed by atoms with Crippen LogP contribution in [0.4, 0.5) is 5.69 Å². The van der Waals surface area contributed by atoms with Crippen LogP contribution in [0.1, 0.15) is 12.5 Å². The van der Waals surface area contributed by atoms with Crippen molar-refractivity contribution in [1.29, 1.82) is 0 Å². The fourth-order valence-electron chi connectivity index (χ4n) is 2.92. The minimum atomic E-state index is -0.103. The molecule has 3 aromatic carbocycles. The van der Waals surface area contributed by atoms with E-state index >= 15 is 0 Å². The van der Waals surface area contributed by atoms with E-state index in [1.807, 2.05) is 72.8 Å². The lowest BCUT2D eigenvalue weighted by Gasteiger charge is -2.25. The van der Waals surface area contributed by atoms with Gasteiger partial charge in [-0.3, -0.25) is 4.79 Å². The van der Waals surface area contributed by atoms with Crippen LogP contribution in [0.5, 0.6) is 23.0 Å². The molecule has 0 unspecified atom stereocenters. The number of methoxy groups -OCH3 is 2. The fourth-order valence-corrected chi connectivity index (χ4v) is 2.92. The lowest BCUT2D eigenvalue weighted by molar-refractivity contribution is -0.116. The lowest BCUT2D eigenvalue weighted by atomic mass is 9.98. The Morgan fingerprint density at radius 2 is 1.54 bits per heavy atom. The number of hydrogen-bond acceptors (Lipinski definition) is 4. The molecule has 3 rings (SSSR count). The van der Waals surface area contributed by atoms with E-state index in [2.05, 4.69) is 0 Å². The van der Waals surface area contributed by atoms with Crippen molar-refractivity contribution in [2.45, 2.75) is 13.5 Å². The first-order valence-electron chi connectivity index (χ1n) is 8.93. The van der Waals surface area contributed by atoms with Crippen LogP contribution in [0, 0.1) is 0 Å². The molecule has 3 aromatic rings. The lowest BCUT2D eigenvalue weighted by Crippen LogP contribution is -2.28. The molecule has 0 saturated heterocycles. The van der Waals surface area contributed by atoms with Gasteiger partial charge in [0.05, 0.1) is 26.5 Å². The van der Waals surface area contributed by atoms with Crippen LogP contribution in [0.25, 0.3) is 0 Å². The Labute approximate surface area is 165 Å². The summed E-state index contributed by atoms with van der Waals surface area (Å²) in [6.07, 6.45) is 0. The molecule has 0 spiro atoms. The van der Waals surface area contributed by atoms with Crippen LogP contribution < -0.4 is 19.1 Å². The Morgan fingerprint density at radius 1 is 0.821 bits per heavy atom. The van der Waals surface area contributed by atoms with Gasteiger partial charge >= 0.3 is 0 Å². The molecule has 0 radical (unpaired) electrons. The quantitative estimate of drug-likeness (QED) is 0.579. The topological polar surface area (TPSA) is 48.0 Å². The third-order valence-electron chi connectivity index (χ3n) is 4.32. The van der Waals surface area contributed by atoms with Gasteiger partial charge in [0.15, 0.2) is 5.75 Å². The van der Waals surface area contributed by atoms with Gasteiger partial charge < -0.3 is 19.1 Å². The van der Waals surface area contributed by atoms with Gasteiger partial charge in [-0.25, -0.2) is 0 Å². The van der Waals surface area contributed by atoms with Gasteiger partial charge in [0, 0.05) is 12.5 Å². The van der Waals surface area contributed by atoms with Gasteiger partial charge in [-0.2, -0.15) is 0 Å². The first-order chi connectivity index (χ1) is 13.6. The monoisotopic (exact) mass is 376 g/mol. The molecule has 0 bridgehead atoms. The number of ether oxygens (including phenoxy) is 3. The Morgan fingerprint density at radius 3 is 2.21 bits per heavy atom. The second kappa shape index (κ2) is 8.95. The average Bonchev–Trinajstić information content (AvgIpc) is 2.73. The standard InChI is InChI=1S/C23H23NO4/c1-17(25)24(16-18-15-20(26-2)13-14-22(18)27-3)21-11-7-8-12-23(21)28-19-9-5-4-6-10-19/h4-15H,16H2,1-3H3/i17-1. The summed E-state index contributed by atoms with van der Waals surface area (Å²) in [7, 11) is 3.22. The number of para-hydroxylation sites is 3. The third kappa shape index (κ3) is 4.43. The first kappa shape index (κ1) is 19.3. The summed E-state index contributed by atoms with van der Waals surface area (Å²) in [4.78, 5) is 14.2. The van der Waals surface area contributed by atoms with Crippen molar-refractivity contribution in [3.05, 3.63) is 78.4 Å². The van der Waals surface area contributed by atoms with Crippen LogP contribution in [0.3, 0.4) is 0 Å². The van der Waals surface area contributed by atoms with Crippen molar-refractivity contribution in [2.24, 2.45) is 0 Å². The predicted molar refractivity (Wildman–Crippen MR) is 109 cm³/mol. The van der Waals surface area contributed by atoms with Gasteiger partial charge in [0.1, 0.15) is 17.2 Å². The average molecular weight is 376 g/mol. The van der Waals surface area contributed by atoms with E-state index in [1.165, 1.54) is 6.92 Å². The number of hydrogen-bond donors (Lipinski definition) is 0. The molecule has 0 aromatic heterocycles. The normalized spacial score (nSPS) is 10.2. The predicted octanol–water partition coefficient (Wildman–Crippen LogP) is 5.05. The van der Waals surface area contributed by atoms with Gasteiger partial charge in [0.25, 0.3) is 0 Å². The van der Waals surface area contributed by atoms with Crippen LogP contribution in [0.2, 0.25) is 0 Å². The first-order valence-corrected chi connectivity index (χ1v) is 8.93. The highest BCUT2D eigenvalue weighted by atomic mass is 16.5.